The first kappa shape index (κ1) is 20.8. The molecule has 3 fully saturated rings. The largest absolute Gasteiger partial charge is 0.364 e. The third-order valence-electron chi connectivity index (χ3n) is 7.21. The van der Waals surface area contributed by atoms with Gasteiger partial charge < -0.3 is 20.4 Å². The van der Waals surface area contributed by atoms with Gasteiger partial charge in [0.15, 0.2) is 0 Å². The van der Waals surface area contributed by atoms with Gasteiger partial charge in [-0.3, -0.25) is 4.79 Å². The summed E-state index contributed by atoms with van der Waals surface area (Å²) in [4.78, 5) is 31.8. The van der Waals surface area contributed by atoms with E-state index in [2.05, 4.69) is 31.6 Å². The van der Waals surface area contributed by atoms with Gasteiger partial charge in [-0.2, -0.15) is 0 Å². The van der Waals surface area contributed by atoms with Gasteiger partial charge in [0.1, 0.15) is 5.82 Å². The average Bonchev–Trinajstić information content (AvgIpc) is 3.62. The SMILES string of the molecule is CN(C)C(=O)c1sc2cnc(Nc3ccc(N4C[C@@H]5C[C@H]4CN5)cn3)nc2c1C1CCCC1. The number of nitrogens with one attached hydrogen (secondary N) is 2. The maximum Gasteiger partial charge on any atom is 0.263 e. The molecule has 1 amide bonds. The molecule has 9 heteroatoms. The number of piperazine rings is 1. The van der Waals surface area contributed by atoms with Crippen molar-refractivity contribution in [1.29, 1.82) is 0 Å². The van der Waals surface area contributed by atoms with Crippen molar-refractivity contribution in [2.45, 2.75) is 50.1 Å². The van der Waals surface area contributed by atoms with E-state index in [1.807, 2.05) is 32.6 Å². The number of aromatic nitrogens is 3. The Kier molecular flexibility index (Phi) is 5.18. The summed E-state index contributed by atoms with van der Waals surface area (Å²) in [5.41, 5.74) is 3.18. The molecule has 3 aromatic rings. The lowest BCUT2D eigenvalue weighted by atomic mass is 9.96. The molecule has 0 unspecified atom stereocenters. The second kappa shape index (κ2) is 8.22. The highest BCUT2D eigenvalue weighted by molar-refractivity contribution is 7.21. The molecule has 6 rings (SSSR count). The standard InChI is InChI=1S/C24H29N7OS/c1-30(2)23(32)22-20(14-5-3-4-6-14)21-18(33-22)12-27-24(29-21)28-19-8-7-16(10-26-19)31-13-15-9-17(31)11-25-15/h7-8,10,12,14-15,17,25H,3-6,9,11,13H2,1-2H3,(H,26,27,28,29)/t15-,17-/m0/s1. The lowest BCUT2D eigenvalue weighted by Crippen LogP contribution is -2.43. The third kappa shape index (κ3) is 3.73. The average molecular weight is 464 g/mol. The van der Waals surface area contributed by atoms with Gasteiger partial charge in [-0.15, -0.1) is 11.3 Å². The molecule has 3 aromatic heterocycles. The molecule has 0 aromatic carbocycles. The summed E-state index contributed by atoms with van der Waals surface area (Å²) in [5, 5.41) is 6.81. The van der Waals surface area contributed by atoms with Crippen LogP contribution in [0, 0.1) is 0 Å². The summed E-state index contributed by atoms with van der Waals surface area (Å²) in [6.07, 6.45) is 9.63. The van der Waals surface area contributed by atoms with Crippen LogP contribution >= 0.6 is 11.3 Å². The van der Waals surface area contributed by atoms with E-state index in [9.17, 15) is 4.79 Å². The molecule has 172 valence electrons. The quantitative estimate of drug-likeness (QED) is 0.596. The fourth-order valence-electron chi connectivity index (χ4n) is 5.55. The molecule has 2 aliphatic heterocycles. The molecule has 5 heterocycles. The minimum absolute atomic E-state index is 0.0532. The highest BCUT2D eigenvalue weighted by Crippen LogP contribution is 2.43. The molecule has 2 atom stereocenters. The van der Waals surface area contributed by atoms with Crippen molar-refractivity contribution in [3.63, 3.8) is 0 Å². The van der Waals surface area contributed by atoms with Crippen molar-refractivity contribution < 1.29 is 4.79 Å². The Morgan fingerprint density at radius 1 is 1.21 bits per heavy atom. The molecule has 1 saturated carbocycles. The molecule has 33 heavy (non-hydrogen) atoms. The van der Waals surface area contributed by atoms with Crippen molar-refractivity contribution in [2.75, 3.05) is 37.4 Å². The van der Waals surface area contributed by atoms with E-state index in [-0.39, 0.29) is 5.91 Å². The number of nitrogens with zero attached hydrogens (tertiary/aromatic N) is 5. The normalized spacial score (nSPS) is 22.4. The summed E-state index contributed by atoms with van der Waals surface area (Å²) in [7, 11) is 3.62. The van der Waals surface area contributed by atoms with Crippen LogP contribution in [-0.4, -0.2) is 65.0 Å². The van der Waals surface area contributed by atoms with E-state index in [1.54, 1.807) is 4.90 Å². The summed E-state index contributed by atoms with van der Waals surface area (Å²) in [6, 6.07) is 5.30. The highest BCUT2D eigenvalue weighted by atomic mass is 32.1. The van der Waals surface area contributed by atoms with Gasteiger partial charge in [0.05, 0.1) is 33.2 Å². The number of thiophene rings is 1. The van der Waals surface area contributed by atoms with Gasteiger partial charge in [-0.05, 0) is 37.3 Å². The minimum Gasteiger partial charge on any atom is -0.364 e. The van der Waals surface area contributed by atoms with Crippen LogP contribution in [0.2, 0.25) is 0 Å². The van der Waals surface area contributed by atoms with Crippen LogP contribution in [0.15, 0.2) is 24.5 Å². The van der Waals surface area contributed by atoms with Crippen LogP contribution in [0.1, 0.15) is 53.3 Å². The van der Waals surface area contributed by atoms with E-state index in [1.165, 1.54) is 36.3 Å². The van der Waals surface area contributed by atoms with Gasteiger partial charge in [-0.1, -0.05) is 12.8 Å². The van der Waals surface area contributed by atoms with Crippen LogP contribution in [0.4, 0.5) is 17.5 Å². The second-order valence-corrected chi connectivity index (χ2v) is 10.7. The Labute approximate surface area is 197 Å². The summed E-state index contributed by atoms with van der Waals surface area (Å²) in [6.45, 7) is 2.11. The van der Waals surface area contributed by atoms with Crippen LogP contribution in [-0.2, 0) is 0 Å². The van der Waals surface area contributed by atoms with Crippen LogP contribution in [0.3, 0.4) is 0 Å². The summed E-state index contributed by atoms with van der Waals surface area (Å²) < 4.78 is 0.966. The lowest BCUT2D eigenvalue weighted by Gasteiger charge is -2.29. The predicted molar refractivity (Wildman–Crippen MR) is 132 cm³/mol. The lowest BCUT2D eigenvalue weighted by molar-refractivity contribution is 0.0831. The smallest absolute Gasteiger partial charge is 0.263 e. The molecular weight excluding hydrogens is 434 g/mol. The van der Waals surface area contributed by atoms with E-state index in [4.69, 9.17) is 4.98 Å². The number of carbonyl (C=O) groups is 1. The zero-order chi connectivity index (χ0) is 22.5. The van der Waals surface area contributed by atoms with Gasteiger partial charge in [0, 0.05) is 44.8 Å². The summed E-state index contributed by atoms with van der Waals surface area (Å²) >= 11 is 1.51. The number of fused-ring (bicyclic) bond motifs is 3. The predicted octanol–water partition coefficient (Wildman–Crippen LogP) is 3.74. The van der Waals surface area contributed by atoms with E-state index >= 15 is 0 Å². The van der Waals surface area contributed by atoms with E-state index < -0.39 is 0 Å². The van der Waals surface area contributed by atoms with Gasteiger partial charge in [-0.25, -0.2) is 15.0 Å². The topological polar surface area (TPSA) is 86.3 Å². The van der Waals surface area contributed by atoms with Crippen molar-refractivity contribution in [3.8, 4) is 0 Å². The maximum absolute atomic E-state index is 12.9. The maximum atomic E-state index is 12.9. The molecule has 2 N–H and O–H groups in total. The number of pyridine rings is 1. The number of rotatable bonds is 5. The van der Waals surface area contributed by atoms with Crippen molar-refractivity contribution in [3.05, 3.63) is 35.0 Å². The Hall–Kier alpha value is -2.78. The zero-order valence-corrected chi connectivity index (χ0v) is 19.9. The van der Waals surface area contributed by atoms with Crippen LogP contribution in [0.5, 0.6) is 0 Å². The minimum atomic E-state index is 0.0532. The number of hydrogen-bond acceptors (Lipinski definition) is 8. The van der Waals surface area contributed by atoms with Crippen LogP contribution in [0.25, 0.3) is 10.2 Å². The first-order chi connectivity index (χ1) is 16.1. The molecule has 3 aliphatic rings. The Bertz CT molecular complexity index is 1190. The molecule has 1 aliphatic carbocycles. The first-order valence-electron chi connectivity index (χ1n) is 11.8. The van der Waals surface area contributed by atoms with Gasteiger partial charge in [0.2, 0.25) is 5.95 Å². The molecule has 0 radical (unpaired) electrons. The Balaban J connectivity index is 1.28. The van der Waals surface area contributed by atoms with Crippen molar-refractivity contribution >= 4 is 44.9 Å². The first-order valence-corrected chi connectivity index (χ1v) is 12.6. The molecule has 2 bridgehead atoms. The molecule has 8 nitrogen and oxygen atoms in total. The van der Waals surface area contributed by atoms with E-state index in [0.29, 0.717) is 23.9 Å². The summed E-state index contributed by atoms with van der Waals surface area (Å²) in [5.74, 6) is 1.69. The fraction of sp³-hybridized carbons (Fsp3) is 0.500. The van der Waals surface area contributed by atoms with Crippen LogP contribution < -0.4 is 15.5 Å². The third-order valence-corrected chi connectivity index (χ3v) is 8.32. The molecule has 0 spiro atoms. The number of hydrogen-bond donors (Lipinski definition) is 2. The number of carbonyl (C=O) groups excluding carboxylic acids is 1. The number of amides is 1. The number of anilines is 3. The van der Waals surface area contributed by atoms with Gasteiger partial charge >= 0.3 is 0 Å². The molecule has 2 saturated heterocycles. The Morgan fingerprint density at radius 3 is 2.73 bits per heavy atom. The van der Waals surface area contributed by atoms with Crippen molar-refractivity contribution in [1.82, 2.24) is 25.2 Å². The zero-order valence-electron chi connectivity index (χ0n) is 19.0. The highest BCUT2D eigenvalue weighted by Gasteiger charge is 2.37. The monoisotopic (exact) mass is 463 g/mol. The van der Waals surface area contributed by atoms with Crippen molar-refractivity contribution in [2.24, 2.45) is 0 Å². The van der Waals surface area contributed by atoms with Gasteiger partial charge in [0.25, 0.3) is 5.91 Å². The molecular formula is C24H29N7OS. The second-order valence-electron chi connectivity index (χ2n) is 9.61. The fourth-order valence-corrected chi connectivity index (χ4v) is 6.77. The van der Waals surface area contributed by atoms with E-state index in [0.717, 1.165) is 52.4 Å². The Morgan fingerprint density at radius 2 is 2.06 bits per heavy atom.